The monoisotopic (exact) mass is 238 g/mol. The summed E-state index contributed by atoms with van der Waals surface area (Å²) in [5, 5.41) is 4.12. The average molecular weight is 239 g/mol. The van der Waals surface area contributed by atoms with Gasteiger partial charge in [-0.25, -0.2) is 0 Å². The summed E-state index contributed by atoms with van der Waals surface area (Å²) in [5.74, 6) is 0. The van der Waals surface area contributed by atoms with E-state index in [0.717, 1.165) is 18.1 Å². The first-order valence-electron chi connectivity index (χ1n) is 5.71. The van der Waals surface area contributed by atoms with E-state index in [0.29, 0.717) is 6.04 Å². The Kier molecular flexibility index (Phi) is 3.24. The third-order valence-electron chi connectivity index (χ3n) is 3.72. The van der Waals surface area contributed by atoms with Crippen LogP contribution in [0.2, 0.25) is 5.02 Å². The van der Waals surface area contributed by atoms with Crippen molar-refractivity contribution in [3.63, 3.8) is 0 Å². The van der Waals surface area contributed by atoms with Gasteiger partial charge in [0.05, 0.1) is 0 Å². The van der Waals surface area contributed by atoms with Crippen LogP contribution in [0.15, 0.2) is 24.3 Å². The number of benzene rings is 1. The highest BCUT2D eigenvalue weighted by molar-refractivity contribution is 6.30. The van der Waals surface area contributed by atoms with Gasteiger partial charge in [0.2, 0.25) is 0 Å². The number of nitrogens with zero attached hydrogens (tertiary/aromatic N) is 1. The van der Waals surface area contributed by atoms with Gasteiger partial charge in [-0.05, 0) is 38.6 Å². The Hall–Kier alpha value is -0.570. The van der Waals surface area contributed by atoms with E-state index in [2.05, 4.69) is 43.2 Å². The molecule has 3 heteroatoms. The van der Waals surface area contributed by atoms with Crippen LogP contribution < -0.4 is 5.32 Å². The molecule has 0 radical (unpaired) electrons. The first kappa shape index (κ1) is 11.9. The molecule has 0 bridgehead atoms. The van der Waals surface area contributed by atoms with Gasteiger partial charge >= 0.3 is 0 Å². The Labute approximate surface area is 103 Å². The van der Waals surface area contributed by atoms with Crippen molar-refractivity contribution in [2.75, 3.05) is 20.1 Å². The van der Waals surface area contributed by atoms with Gasteiger partial charge < -0.3 is 5.32 Å². The second kappa shape index (κ2) is 4.36. The van der Waals surface area contributed by atoms with Crippen LogP contribution >= 0.6 is 11.6 Å². The SMILES string of the molecule is CN(C1CNC1)C(C)(C)c1cccc(Cl)c1. The Balaban J connectivity index is 2.22. The number of rotatable bonds is 3. The molecule has 1 saturated heterocycles. The molecule has 2 rings (SSSR count). The normalized spacial score (nSPS) is 17.6. The molecule has 0 aromatic heterocycles. The van der Waals surface area contributed by atoms with Crippen molar-refractivity contribution < 1.29 is 0 Å². The van der Waals surface area contributed by atoms with Crippen molar-refractivity contribution in [1.82, 2.24) is 10.2 Å². The highest BCUT2D eigenvalue weighted by Gasteiger charge is 2.33. The van der Waals surface area contributed by atoms with Crippen LogP contribution in [0.5, 0.6) is 0 Å². The summed E-state index contributed by atoms with van der Waals surface area (Å²) in [6.07, 6.45) is 0. The van der Waals surface area contributed by atoms with E-state index in [1.54, 1.807) is 0 Å². The molecule has 0 spiro atoms. The van der Waals surface area contributed by atoms with E-state index in [1.807, 2.05) is 12.1 Å². The van der Waals surface area contributed by atoms with Crippen LogP contribution in [0.25, 0.3) is 0 Å². The molecule has 1 aromatic carbocycles. The molecule has 1 heterocycles. The van der Waals surface area contributed by atoms with Crippen molar-refractivity contribution in [2.45, 2.75) is 25.4 Å². The molecule has 0 aliphatic carbocycles. The number of hydrogen-bond acceptors (Lipinski definition) is 2. The quantitative estimate of drug-likeness (QED) is 0.871. The molecule has 1 aliphatic heterocycles. The minimum atomic E-state index is 0.0255. The molecule has 0 amide bonds. The molecular weight excluding hydrogens is 220 g/mol. The summed E-state index contributed by atoms with van der Waals surface area (Å²) in [4.78, 5) is 2.43. The summed E-state index contributed by atoms with van der Waals surface area (Å²) < 4.78 is 0. The van der Waals surface area contributed by atoms with Gasteiger partial charge in [-0.2, -0.15) is 0 Å². The minimum Gasteiger partial charge on any atom is -0.314 e. The molecule has 1 aliphatic rings. The largest absolute Gasteiger partial charge is 0.314 e. The van der Waals surface area contributed by atoms with Gasteiger partial charge in [0.15, 0.2) is 0 Å². The van der Waals surface area contributed by atoms with Crippen LogP contribution in [0, 0.1) is 0 Å². The average Bonchev–Trinajstić information content (AvgIpc) is 2.15. The van der Waals surface area contributed by atoms with E-state index >= 15 is 0 Å². The fraction of sp³-hybridized carbons (Fsp3) is 0.538. The fourth-order valence-corrected chi connectivity index (χ4v) is 2.27. The molecule has 2 nitrogen and oxygen atoms in total. The van der Waals surface area contributed by atoms with Gasteiger partial charge in [-0.15, -0.1) is 0 Å². The predicted molar refractivity (Wildman–Crippen MR) is 68.9 cm³/mol. The maximum atomic E-state index is 6.05. The zero-order valence-corrected chi connectivity index (χ0v) is 10.9. The highest BCUT2D eigenvalue weighted by atomic mass is 35.5. The van der Waals surface area contributed by atoms with E-state index < -0.39 is 0 Å². The standard InChI is InChI=1S/C13H19ClN2/c1-13(2,16(3)12-8-15-9-12)10-5-4-6-11(14)7-10/h4-7,12,15H,8-9H2,1-3H3. The lowest BCUT2D eigenvalue weighted by molar-refractivity contribution is 0.0685. The maximum absolute atomic E-state index is 6.05. The van der Waals surface area contributed by atoms with Crippen molar-refractivity contribution in [1.29, 1.82) is 0 Å². The summed E-state index contributed by atoms with van der Waals surface area (Å²) >= 11 is 6.05. The van der Waals surface area contributed by atoms with E-state index in [4.69, 9.17) is 11.6 Å². The molecule has 88 valence electrons. The number of likely N-dealkylation sites (N-methyl/N-ethyl adjacent to an activating group) is 1. The molecule has 16 heavy (non-hydrogen) atoms. The molecular formula is C13H19ClN2. The summed E-state index contributed by atoms with van der Waals surface area (Å²) in [7, 11) is 2.19. The smallest absolute Gasteiger partial charge is 0.0409 e. The minimum absolute atomic E-state index is 0.0255. The van der Waals surface area contributed by atoms with Crippen LogP contribution in [-0.2, 0) is 5.54 Å². The lowest BCUT2D eigenvalue weighted by atomic mass is 9.90. The molecule has 1 fully saturated rings. The zero-order valence-electron chi connectivity index (χ0n) is 10.1. The van der Waals surface area contributed by atoms with Crippen LogP contribution in [0.1, 0.15) is 19.4 Å². The third-order valence-corrected chi connectivity index (χ3v) is 3.96. The number of nitrogens with one attached hydrogen (secondary N) is 1. The summed E-state index contributed by atoms with van der Waals surface area (Å²) in [6, 6.07) is 8.78. The summed E-state index contributed by atoms with van der Waals surface area (Å²) in [6.45, 7) is 6.66. The molecule has 1 aromatic rings. The highest BCUT2D eigenvalue weighted by Crippen LogP contribution is 2.30. The molecule has 1 N–H and O–H groups in total. The van der Waals surface area contributed by atoms with E-state index in [1.165, 1.54) is 5.56 Å². The molecule has 0 atom stereocenters. The Morgan fingerprint density at radius 3 is 2.56 bits per heavy atom. The van der Waals surface area contributed by atoms with E-state index in [9.17, 15) is 0 Å². The van der Waals surface area contributed by atoms with Gasteiger partial charge in [0.25, 0.3) is 0 Å². The second-order valence-corrected chi connectivity index (χ2v) is 5.43. The maximum Gasteiger partial charge on any atom is 0.0409 e. The first-order valence-corrected chi connectivity index (χ1v) is 6.09. The molecule has 0 unspecified atom stereocenters. The van der Waals surface area contributed by atoms with Gasteiger partial charge in [0, 0.05) is 29.7 Å². The van der Waals surface area contributed by atoms with Gasteiger partial charge in [-0.1, -0.05) is 23.7 Å². The Morgan fingerprint density at radius 2 is 2.06 bits per heavy atom. The van der Waals surface area contributed by atoms with Crippen molar-refractivity contribution in [2.24, 2.45) is 0 Å². The zero-order chi connectivity index (χ0) is 11.8. The summed E-state index contributed by atoms with van der Waals surface area (Å²) in [5.41, 5.74) is 1.30. The lowest BCUT2D eigenvalue weighted by Gasteiger charge is -2.45. The second-order valence-electron chi connectivity index (χ2n) is 4.99. The van der Waals surface area contributed by atoms with Crippen LogP contribution in [-0.4, -0.2) is 31.1 Å². The van der Waals surface area contributed by atoms with Crippen molar-refractivity contribution in [3.05, 3.63) is 34.9 Å². The first-order chi connectivity index (χ1) is 7.51. The lowest BCUT2D eigenvalue weighted by Crippen LogP contribution is -2.60. The number of halogens is 1. The fourth-order valence-electron chi connectivity index (χ4n) is 2.08. The van der Waals surface area contributed by atoms with Gasteiger partial charge in [-0.3, -0.25) is 4.90 Å². The van der Waals surface area contributed by atoms with Crippen molar-refractivity contribution in [3.8, 4) is 0 Å². The van der Waals surface area contributed by atoms with Crippen molar-refractivity contribution >= 4 is 11.6 Å². The van der Waals surface area contributed by atoms with Crippen LogP contribution in [0.4, 0.5) is 0 Å². The third kappa shape index (κ3) is 2.10. The Bertz CT molecular complexity index is 372. The number of hydrogen-bond donors (Lipinski definition) is 1. The predicted octanol–water partition coefficient (Wildman–Crippen LogP) is 2.48. The topological polar surface area (TPSA) is 15.3 Å². The van der Waals surface area contributed by atoms with Crippen LogP contribution in [0.3, 0.4) is 0 Å². The van der Waals surface area contributed by atoms with Gasteiger partial charge in [0.1, 0.15) is 0 Å². The Morgan fingerprint density at radius 1 is 1.38 bits per heavy atom. The molecule has 0 saturated carbocycles. The van der Waals surface area contributed by atoms with E-state index in [-0.39, 0.29) is 5.54 Å².